The minimum absolute atomic E-state index is 0.202. The molecule has 3 heterocycles. The van der Waals surface area contributed by atoms with E-state index in [0.717, 1.165) is 30.9 Å². The summed E-state index contributed by atoms with van der Waals surface area (Å²) in [7, 11) is 0. The Hall–Kier alpha value is -2.74. The Morgan fingerprint density at radius 1 is 1.23 bits per heavy atom. The maximum absolute atomic E-state index is 12.3. The third-order valence-electron chi connectivity index (χ3n) is 4.13. The Labute approximate surface area is 151 Å². The first-order chi connectivity index (χ1) is 12.7. The standard InChI is InChI=1S/C18H23N5O3/c1-2-7-23-17(24)6-4-15(21-23)18(25)20-13-14-3-5-16(19-12-14)22-8-10-26-11-9-22/h3-6,12H,2,7-11,13H2,1H3,(H,20,25). The number of rotatable bonds is 6. The molecule has 0 spiro atoms. The number of nitrogens with zero attached hydrogens (tertiary/aromatic N) is 4. The highest BCUT2D eigenvalue weighted by molar-refractivity contribution is 5.91. The number of ether oxygens (including phenoxy) is 1. The van der Waals surface area contributed by atoms with Gasteiger partial charge in [-0.15, -0.1) is 0 Å². The zero-order valence-electron chi connectivity index (χ0n) is 14.9. The number of nitrogens with one attached hydrogen (secondary N) is 1. The molecule has 0 radical (unpaired) electrons. The third-order valence-corrected chi connectivity index (χ3v) is 4.13. The van der Waals surface area contributed by atoms with E-state index in [1.807, 2.05) is 19.1 Å². The van der Waals surface area contributed by atoms with E-state index in [1.165, 1.54) is 16.8 Å². The molecule has 0 saturated carbocycles. The van der Waals surface area contributed by atoms with Gasteiger partial charge in [0.05, 0.1) is 13.2 Å². The van der Waals surface area contributed by atoms with Gasteiger partial charge in [0.25, 0.3) is 11.5 Å². The van der Waals surface area contributed by atoms with Gasteiger partial charge in [0.1, 0.15) is 11.5 Å². The average molecular weight is 357 g/mol. The molecule has 2 aromatic rings. The van der Waals surface area contributed by atoms with Crippen molar-refractivity contribution in [1.82, 2.24) is 20.1 Å². The van der Waals surface area contributed by atoms with Gasteiger partial charge < -0.3 is 15.0 Å². The molecule has 26 heavy (non-hydrogen) atoms. The van der Waals surface area contributed by atoms with Crippen LogP contribution >= 0.6 is 0 Å². The number of aryl methyl sites for hydroxylation is 1. The molecule has 1 aliphatic heterocycles. The largest absolute Gasteiger partial charge is 0.378 e. The second-order valence-electron chi connectivity index (χ2n) is 6.09. The van der Waals surface area contributed by atoms with Gasteiger partial charge >= 0.3 is 0 Å². The van der Waals surface area contributed by atoms with Crippen molar-refractivity contribution in [3.05, 3.63) is 52.1 Å². The molecule has 1 fully saturated rings. The Kier molecular flexibility index (Phi) is 5.96. The van der Waals surface area contributed by atoms with Crippen molar-refractivity contribution in [3.63, 3.8) is 0 Å². The highest BCUT2D eigenvalue weighted by Gasteiger charge is 2.13. The summed E-state index contributed by atoms with van der Waals surface area (Å²) in [6.45, 7) is 5.90. The van der Waals surface area contributed by atoms with E-state index in [-0.39, 0.29) is 17.2 Å². The van der Waals surface area contributed by atoms with Gasteiger partial charge in [0, 0.05) is 38.4 Å². The minimum atomic E-state index is -0.313. The summed E-state index contributed by atoms with van der Waals surface area (Å²) in [5, 5.41) is 6.92. The summed E-state index contributed by atoms with van der Waals surface area (Å²) in [6, 6.07) is 6.72. The van der Waals surface area contributed by atoms with Crippen LogP contribution in [-0.2, 0) is 17.8 Å². The molecule has 0 atom stereocenters. The molecule has 138 valence electrons. The molecule has 0 unspecified atom stereocenters. The van der Waals surface area contributed by atoms with Crippen LogP contribution in [0.2, 0.25) is 0 Å². The number of amides is 1. The maximum atomic E-state index is 12.3. The Balaban J connectivity index is 1.59. The molecule has 0 aliphatic carbocycles. The predicted octanol–water partition coefficient (Wildman–Crippen LogP) is 0.815. The van der Waals surface area contributed by atoms with E-state index in [0.29, 0.717) is 26.3 Å². The Morgan fingerprint density at radius 3 is 2.73 bits per heavy atom. The van der Waals surface area contributed by atoms with E-state index in [9.17, 15) is 9.59 Å². The number of carbonyl (C=O) groups excluding carboxylic acids is 1. The molecule has 0 bridgehead atoms. The van der Waals surface area contributed by atoms with Crippen molar-refractivity contribution in [3.8, 4) is 0 Å². The van der Waals surface area contributed by atoms with Gasteiger partial charge in [-0.1, -0.05) is 13.0 Å². The summed E-state index contributed by atoms with van der Waals surface area (Å²) in [4.78, 5) is 30.6. The van der Waals surface area contributed by atoms with Crippen LogP contribution < -0.4 is 15.8 Å². The molecular formula is C18H23N5O3. The van der Waals surface area contributed by atoms with Crippen LogP contribution in [0.4, 0.5) is 5.82 Å². The SMILES string of the molecule is CCCn1nc(C(=O)NCc2ccc(N3CCOCC3)nc2)ccc1=O. The third kappa shape index (κ3) is 4.45. The van der Waals surface area contributed by atoms with E-state index < -0.39 is 0 Å². The Bertz CT molecular complexity index is 797. The number of hydrogen-bond acceptors (Lipinski definition) is 6. The fraction of sp³-hybridized carbons (Fsp3) is 0.444. The first-order valence-corrected chi connectivity index (χ1v) is 8.81. The van der Waals surface area contributed by atoms with Crippen molar-refractivity contribution in [1.29, 1.82) is 0 Å². The van der Waals surface area contributed by atoms with E-state index >= 15 is 0 Å². The predicted molar refractivity (Wildman–Crippen MR) is 97.2 cm³/mol. The van der Waals surface area contributed by atoms with Crippen LogP contribution in [0, 0.1) is 0 Å². The topological polar surface area (TPSA) is 89.3 Å². The monoisotopic (exact) mass is 357 g/mol. The van der Waals surface area contributed by atoms with Gasteiger partial charge in [0.15, 0.2) is 0 Å². The Morgan fingerprint density at radius 2 is 2.04 bits per heavy atom. The normalized spacial score (nSPS) is 14.3. The average Bonchev–Trinajstić information content (AvgIpc) is 2.69. The van der Waals surface area contributed by atoms with Gasteiger partial charge in [-0.3, -0.25) is 9.59 Å². The van der Waals surface area contributed by atoms with E-state index in [4.69, 9.17) is 4.74 Å². The van der Waals surface area contributed by atoms with Crippen molar-refractivity contribution >= 4 is 11.7 Å². The summed E-state index contributed by atoms with van der Waals surface area (Å²) in [5.41, 5.74) is 0.930. The molecular weight excluding hydrogens is 334 g/mol. The van der Waals surface area contributed by atoms with Crippen LogP contribution in [0.25, 0.3) is 0 Å². The first-order valence-electron chi connectivity index (χ1n) is 8.81. The zero-order chi connectivity index (χ0) is 18.4. The molecule has 1 N–H and O–H groups in total. The lowest BCUT2D eigenvalue weighted by atomic mass is 10.2. The van der Waals surface area contributed by atoms with Gasteiger partial charge in [0.2, 0.25) is 0 Å². The van der Waals surface area contributed by atoms with Gasteiger partial charge in [-0.05, 0) is 24.1 Å². The highest BCUT2D eigenvalue weighted by Crippen LogP contribution is 2.13. The summed E-state index contributed by atoms with van der Waals surface area (Å²) < 4.78 is 6.65. The second kappa shape index (κ2) is 8.57. The highest BCUT2D eigenvalue weighted by atomic mass is 16.5. The molecule has 8 heteroatoms. The van der Waals surface area contributed by atoms with Crippen molar-refractivity contribution in [2.75, 3.05) is 31.2 Å². The number of aromatic nitrogens is 3. The van der Waals surface area contributed by atoms with Gasteiger partial charge in [-0.25, -0.2) is 9.67 Å². The number of anilines is 1. The number of morpholine rings is 1. The lowest BCUT2D eigenvalue weighted by Gasteiger charge is -2.27. The van der Waals surface area contributed by atoms with Crippen LogP contribution in [0.5, 0.6) is 0 Å². The molecule has 0 aromatic carbocycles. The van der Waals surface area contributed by atoms with E-state index in [2.05, 4.69) is 20.3 Å². The lowest BCUT2D eigenvalue weighted by Crippen LogP contribution is -2.36. The maximum Gasteiger partial charge on any atom is 0.271 e. The lowest BCUT2D eigenvalue weighted by molar-refractivity contribution is 0.0943. The number of hydrogen-bond donors (Lipinski definition) is 1. The van der Waals surface area contributed by atoms with Crippen molar-refractivity contribution in [2.24, 2.45) is 0 Å². The fourth-order valence-electron chi connectivity index (χ4n) is 2.72. The summed E-state index contributed by atoms with van der Waals surface area (Å²) in [5.74, 6) is 0.601. The van der Waals surface area contributed by atoms with Gasteiger partial charge in [-0.2, -0.15) is 5.10 Å². The summed E-state index contributed by atoms with van der Waals surface area (Å²) in [6.07, 6.45) is 2.54. The second-order valence-corrected chi connectivity index (χ2v) is 6.09. The molecule has 1 saturated heterocycles. The van der Waals surface area contributed by atoms with Crippen LogP contribution in [0.3, 0.4) is 0 Å². The van der Waals surface area contributed by atoms with Crippen LogP contribution in [-0.4, -0.2) is 47.0 Å². The van der Waals surface area contributed by atoms with Crippen LogP contribution in [0.15, 0.2) is 35.3 Å². The van der Waals surface area contributed by atoms with Crippen molar-refractivity contribution in [2.45, 2.75) is 26.4 Å². The summed E-state index contributed by atoms with van der Waals surface area (Å²) >= 11 is 0. The minimum Gasteiger partial charge on any atom is -0.378 e. The number of pyridine rings is 1. The molecule has 1 amide bonds. The molecule has 2 aromatic heterocycles. The fourth-order valence-corrected chi connectivity index (χ4v) is 2.72. The van der Waals surface area contributed by atoms with E-state index in [1.54, 1.807) is 6.20 Å². The zero-order valence-corrected chi connectivity index (χ0v) is 14.9. The quantitative estimate of drug-likeness (QED) is 0.823. The van der Waals surface area contributed by atoms with Crippen molar-refractivity contribution < 1.29 is 9.53 Å². The smallest absolute Gasteiger partial charge is 0.271 e. The first kappa shape index (κ1) is 18.1. The molecule has 1 aliphatic rings. The molecule has 3 rings (SSSR count). The number of carbonyl (C=O) groups is 1. The van der Waals surface area contributed by atoms with Crippen LogP contribution in [0.1, 0.15) is 29.4 Å². The molecule has 8 nitrogen and oxygen atoms in total.